The third-order valence-corrected chi connectivity index (χ3v) is 11.4. The van der Waals surface area contributed by atoms with E-state index >= 15 is 0 Å². The molecule has 0 N–H and O–H groups in total. The van der Waals surface area contributed by atoms with E-state index in [2.05, 4.69) is 28.4 Å². The van der Waals surface area contributed by atoms with Crippen molar-refractivity contribution in [3.63, 3.8) is 0 Å². The van der Waals surface area contributed by atoms with Crippen LogP contribution in [-0.4, -0.2) is 155 Å². The summed E-state index contributed by atoms with van der Waals surface area (Å²) in [6.07, 6.45) is -22.3. The highest BCUT2D eigenvalue weighted by Gasteiger charge is 2.64. The maximum Gasteiger partial charge on any atom is 0.453 e. The number of halogens is 20. The van der Waals surface area contributed by atoms with Crippen molar-refractivity contribution in [1.29, 1.82) is 0 Å². The Hall–Kier alpha value is -5.64. The Kier molecular flexibility index (Phi) is 35.7. The summed E-state index contributed by atoms with van der Waals surface area (Å²) in [5, 5.41) is 0. The predicted octanol–water partition coefficient (Wildman–Crippen LogP) is 12.8. The SMILES string of the molecule is CCC(C)(C)C(=O)OCCOC(=O)C(F)(F)CC(C)(F)F.CCC(C)(C)C(=O)OCCOC(=O)C(F)(F)CC(F)(F)C(F)(F)F.CCC(C)(C)C(=O)OCCOC(=O)C(F)(F)CC(F)(F)F.CCC(C)(C)C(=O)OCCOC(=O)C(F)(F)CC(F)F. The molecule has 16 nitrogen and oxygen atoms in total. The number of ether oxygens (including phenoxy) is 8. The fraction of sp³-hybridized carbons (Fsp3) is 0.840. The monoisotopic (exact) mass is 1310 g/mol. The zero-order valence-electron chi connectivity index (χ0n) is 49.0. The molecule has 86 heavy (non-hydrogen) atoms. The van der Waals surface area contributed by atoms with E-state index in [1.165, 1.54) is 13.8 Å². The Labute approximate surface area is 481 Å². The van der Waals surface area contributed by atoms with Crippen molar-refractivity contribution >= 4 is 47.8 Å². The number of alkyl halides is 20. The van der Waals surface area contributed by atoms with E-state index in [-0.39, 0.29) is 6.92 Å². The van der Waals surface area contributed by atoms with Crippen molar-refractivity contribution < 1.29 is 164 Å². The highest BCUT2D eigenvalue weighted by Crippen LogP contribution is 2.43. The molecule has 0 aliphatic heterocycles. The van der Waals surface area contributed by atoms with E-state index < -0.39 is 202 Å². The van der Waals surface area contributed by atoms with Crippen LogP contribution in [0.3, 0.4) is 0 Å². The van der Waals surface area contributed by atoms with Gasteiger partial charge in [-0.3, -0.25) is 19.2 Å². The number of hydrogen-bond acceptors (Lipinski definition) is 16. The van der Waals surface area contributed by atoms with Crippen LogP contribution in [0.1, 0.15) is 141 Å². The summed E-state index contributed by atoms with van der Waals surface area (Å²) in [6.45, 7) is 15.2. The molecule has 36 heteroatoms. The molecule has 0 atom stereocenters. The minimum absolute atomic E-state index is 0.281. The molecule has 0 saturated carbocycles. The lowest BCUT2D eigenvalue weighted by atomic mass is 9.91. The molecule has 0 heterocycles. The zero-order valence-corrected chi connectivity index (χ0v) is 49.0. The highest BCUT2D eigenvalue weighted by molar-refractivity contribution is 5.80. The Morgan fingerprint density at radius 3 is 0.686 bits per heavy atom. The first-order valence-electron chi connectivity index (χ1n) is 25.3. The molecule has 508 valence electrons. The van der Waals surface area contributed by atoms with E-state index in [1.54, 1.807) is 69.2 Å². The van der Waals surface area contributed by atoms with Crippen LogP contribution in [-0.2, 0) is 76.3 Å². The summed E-state index contributed by atoms with van der Waals surface area (Å²) >= 11 is 0. The maximum atomic E-state index is 13.1. The second-order valence-electron chi connectivity index (χ2n) is 20.9. The Bertz CT molecular complexity index is 2070. The number of hydrogen-bond donors (Lipinski definition) is 0. The summed E-state index contributed by atoms with van der Waals surface area (Å²) in [6, 6.07) is 0. The molecule has 0 amide bonds. The van der Waals surface area contributed by atoms with E-state index in [1.807, 2.05) is 0 Å². The molecule has 0 aromatic carbocycles. The van der Waals surface area contributed by atoms with Crippen LogP contribution in [0.2, 0.25) is 0 Å². The number of carbonyl (C=O) groups excluding carboxylic acids is 8. The van der Waals surface area contributed by atoms with Crippen molar-refractivity contribution in [2.75, 3.05) is 52.9 Å². The number of esters is 8. The average Bonchev–Trinajstić information content (AvgIpc) is 3.33. The minimum atomic E-state index is -6.22. The van der Waals surface area contributed by atoms with Gasteiger partial charge in [0.1, 0.15) is 59.3 Å². The molecule has 0 fully saturated rings. The van der Waals surface area contributed by atoms with Gasteiger partial charge in [-0.05, 0) is 88.0 Å². The van der Waals surface area contributed by atoms with E-state index in [0.29, 0.717) is 25.7 Å². The molecule has 0 aromatic rings. The molecule has 0 aliphatic carbocycles. The second-order valence-corrected chi connectivity index (χ2v) is 20.9. The lowest BCUT2D eigenvalue weighted by Gasteiger charge is -2.24. The summed E-state index contributed by atoms with van der Waals surface area (Å²) in [5.74, 6) is -39.1. The van der Waals surface area contributed by atoms with Gasteiger partial charge in [-0.2, -0.15) is 70.2 Å². The van der Waals surface area contributed by atoms with Gasteiger partial charge in [0.2, 0.25) is 6.43 Å². The van der Waals surface area contributed by atoms with Crippen molar-refractivity contribution in [3.05, 3.63) is 0 Å². The molecule has 0 spiro atoms. The van der Waals surface area contributed by atoms with Gasteiger partial charge in [0.25, 0.3) is 5.92 Å². The maximum absolute atomic E-state index is 13.1. The van der Waals surface area contributed by atoms with Crippen molar-refractivity contribution in [3.8, 4) is 0 Å². The second kappa shape index (κ2) is 35.4. The first-order valence-corrected chi connectivity index (χ1v) is 25.3. The summed E-state index contributed by atoms with van der Waals surface area (Å²) in [4.78, 5) is 89.6. The number of carbonyl (C=O) groups is 8. The van der Waals surface area contributed by atoms with Gasteiger partial charge in [0, 0.05) is 0 Å². The van der Waals surface area contributed by atoms with E-state index in [0.717, 1.165) is 0 Å². The molecule has 0 rings (SSSR count). The standard InChI is InChI=1S/C13H17F7O4.C13H20F4O4.C12H17F5O4.C12H18F4O4/c1-4-10(2,3)8(21)23-5-6-24-9(22)11(14,15)7-12(16,17)13(18,19)20;1-5-11(2,3)9(18)20-6-7-21-10(19)13(16,17)8-12(4,14)15;1-4-10(2,3)8(18)20-5-6-21-9(19)11(13,14)7-12(15,16)17;1-4-11(2,3)9(17)19-5-6-20-10(18)12(15,16)7-8(13)14/h4-7H2,1-3H3;5-8H2,1-4H3;4-7H2,1-3H3;8H,4-7H2,1-3H3. The van der Waals surface area contributed by atoms with Gasteiger partial charge in [-0.15, -0.1) is 0 Å². The quantitative estimate of drug-likeness (QED) is 0.0273. The van der Waals surface area contributed by atoms with Crippen molar-refractivity contribution in [2.45, 2.75) is 196 Å². The molecule has 0 aliphatic rings. The first kappa shape index (κ1) is 86.8. The van der Waals surface area contributed by atoms with Gasteiger partial charge in [0.15, 0.2) is 0 Å². The Morgan fingerprint density at radius 2 is 0.500 bits per heavy atom. The molecular formula is C50H72F20O16. The van der Waals surface area contributed by atoms with Gasteiger partial charge >= 0.3 is 89.7 Å². The topological polar surface area (TPSA) is 210 Å². The molecule has 0 aromatic heterocycles. The third-order valence-electron chi connectivity index (χ3n) is 11.4. The van der Waals surface area contributed by atoms with Crippen LogP contribution < -0.4 is 0 Å². The molecule has 0 radical (unpaired) electrons. The van der Waals surface area contributed by atoms with Gasteiger partial charge in [0.05, 0.1) is 40.9 Å². The molecular weight excluding hydrogens is 1240 g/mol. The molecule has 0 saturated heterocycles. The third kappa shape index (κ3) is 35.9. The van der Waals surface area contributed by atoms with Crippen LogP contribution in [0, 0.1) is 21.7 Å². The van der Waals surface area contributed by atoms with Gasteiger partial charge in [-0.1, -0.05) is 27.7 Å². The molecule has 0 unspecified atom stereocenters. The normalized spacial score (nSPS) is 13.0. The van der Waals surface area contributed by atoms with E-state index in [9.17, 15) is 126 Å². The average molecular weight is 1310 g/mol. The largest absolute Gasteiger partial charge is 0.462 e. The Morgan fingerprint density at radius 1 is 0.302 bits per heavy atom. The van der Waals surface area contributed by atoms with Gasteiger partial charge in [-0.25, -0.2) is 36.7 Å². The Balaban J connectivity index is -0.000000522. The smallest absolute Gasteiger partial charge is 0.453 e. The van der Waals surface area contributed by atoms with E-state index in [4.69, 9.17) is 9.47 Å². The van der Waals surface area contributed by atoms with Crippen LogP contribution in [0.4, 0.5) is 87.8 Å². The van der Waals surface area contributed by atoms with Crippen LogP contribution in [0.15, 0.2) is 0 Å². The zero-order chi connectivity index (χ0) is 69.2. The number of rotatable bonds is 31. The fourth-order valence-electron chi connectivity index (χ4n) is 4.37. The van der Waals surface area contributed by atoms with Crippen molar-refractivity contribution in [2.24, 2.45) is 21.7 Å². The van der Waals surface area contributed by atoms with Gasteiger partial charge < -0.3 is 37.9 Å². The van der Waals surface area contributed by atoms with Crippen molar-refractivity contribution in [1.82, 2.24) is 0 Å². The minimum Gasteiger partial charge on any atom is -0.462 e. The first-order chi connectivity index (χ1) is 38.2. The fourth-order valence-corrected chi connectivity index (χ4v) is 4.37. The lowest BCUT2D eigenvalue weighted by Crippen LogP contribution is -2.45. The highest BCUT2D eigenvalue weighted by atomic mass is 19.4. The summed E-state index contributed by atoms with van der Waals surface area (Å²) in [7, 11) is 0. The van der Waals surface area contributed by atoms with Crippen LogP contribution >= 0.6 is 0 Å². The lowest BCUT2D eigenvalue weighted by molar-refractivity contribution is -0.299. The van der Waals surface area contributed by atoms with Crippen LogP contribution in [0.25, 0.3) is 0 Å². The predicted molar refractivity (Wildman–Crippen MR) is 256 cm³/mol. The van der Waals surface area contributed by atoms with Crippen LogP contribution in [0.5, 0.6) is 0 Å². The summed E-state index contributed by atoms with van der Waals surface area (Å²) in [5.41, 5.74) is -3.13. The molecule has 0 bridgehead atoms. The summed E-state index contributed by atoms with van der Waals surface area (Å²) < 4.78 is 283.